The van der Waals surface area contributed by atoms with Crippen LogP contribution in [0.5, 0.6) is 0 Å². The van der Waals surface area contributed by atoms with Crippen molar-refractivity contribution in [3.05, 3.63) is 12.2 Å². The van der Waals surface area contributed by atoms with Crippen LogP contribution in [0.3, 0.4) is 0 Å². The highest BCUT2D eigenvalue weighted by molar-refractivity contribution is 5.92. The van der Waals surface area contributed by atoms with E-state index in [-0.39, 0.29) is 5.91 Å². The number of rotatable bonds is 19. The summed E-state index contributed by atoms with van der Waals surface area (Å²) < 4.78 is 0. The smallest absolute Gasteiger partial charge is 0.248 e. The molecule has 26 heavy (non-hydrogen) atoms. The van der Waals surface area contributed by atoms with Gasteiger partial charge in [-0.2, -0.15) is 0 Å². The van der Waals surface area contributed by atoms with Crippen LogP contribution in [0.25, 0.3) is 0 Å². The lowest BCUT2D eigenvalue weighted by atomic mass is 10.0. The summed E-state index contributed by atoms with van der Waals surface area (Å²) >= 11 is 0. The molecule has 0 aromatic carbocycles. The molecule has 0 N–H and O–H groups in total. The fourth-order valence-electron chi connectivity index (χ4n) is 3.43. The second-order valence-electron chi connectivity index (χ2n) is 8.02. The van der Waals surface area contributed by atoms with E-state index in [1.54, 1.807) is 0 Å². The molecule has 0 saturated heterocycles. The van der Waals surface area contributed by atoms with Gasteiger partial charge in [-0.1, -0.05) is 110 Å². The van der Waals surface area contributed by atoms with Crippen LogP contribution in [0.15, 0.2) is 12.2 Å². The van der Waals surface area contributed by atoms with Crippen LogP contribution >= 0.6 is 0 Å². The first-order valence-corrected chi connectivity index (χ1v) is 11.6. The highest BCUT2D eigenvalue weighted by Crippen LogP contribution is 2.13. The molecular weight excluding hydrogens is 318 g/mol. The topological polar surface area (TPSA) is 20.3 Å². The van der Waals surface area contributed by atoms with E-state index in [9.17, 15) is 4.79 Å². The first kappa shape index (κ1) is 25.2. The van der Waals surface area contributed by atoms with E-state index in [1.807, 2.05) is 11.8 Å². The molecule has 0 aromatic heterocycles. The number of unbranched alkanes of at least 4 members (excludes halogenated alkanes) is 14. The first-order valence-electron chi connectivity index (χ1n) is 11.6. The summed E-state index contributed by atoms with van der Waals surface area (Å²) in [5.41, 5.74) is 0.673. The lowest BCUT2D eigenvalue weighted by molar-refractivity contribution is -0.127. The van der Waals surface area contributed by atoms with Gasteiger partial charge in [0.15, 0.2) is 0 Å². The zero-order chi connectivity index (χ0) is 19.5. The summed E-state index contributed by atoms with van der Waals surface area (Å²) in [5, 5.41) is 0. The third-order valence-electron chi connectivity index (χ3n) is 5.22. The quantitative estimate of drug-likeness (QED) is 0.170. The second-order valence-corrected chi connectivity index (χ2v) is 8.02. The summed E-state index contributed by atoms with van der Waals surface area (Å²) in [4.78, 5) is 14.1. The third kappa shape index (κ3) is 15.5. The average molecular weight is 366 g/mol. The van der Waals surface area contributed by atoms with E-state index in [4.69, 9.17) is 0 Å². The number of amides is 1. The highest BCUT2D eigenvalue weighted by Gasteiger charge is 2.12. The highest BCUT2D eigenvalue weighted by atomic mass is 16.2. The maximum absolute atomic E-state index is 12.1. The number of carbonyl (C=O) groups excluding carboxylic acids is 1. The Morgan fingerprint density at radius 2 is 0.962 bits per heavy atom. The molecule has 0 aliphatic carbocycles. The Morgan fingerprint density at radius 3 is 1.35 bits per heavy atom. The minimum Gasteiger partial charge on any atom is -0.339 e. The van der Waals surface area contributed by atoms with Crippen molar-refractivity contribution in [1.29, 1.82) is 0 Å². The van der Waals surface area contributed by atoms with Gasteiger partial charge in [0.05, 0.1) is 0 Å². The molecule has 0 fully saturated rings. The van der Waals surface area contributed by atoms with Crippen molar-refractivity contribution in [3.8, 4) is 0 Å². The van der Waals surface area contributed by atoms with Gasteiger partial charge in [0.25, 0.3) is 0 Å². The maximum atomic E-state index is 12.1. The Kier molecular flexibility index (Phi) is 18.4. The monoisotopic (exact) mass is 365 g/mol. The first-order chi connectivity index (χ1) is 12.6. The zero-order valence-corrected chi connectivity index (χ0v) is 18.3. The molecule has 0 aliphatic heterocycles. The van der Waals surface area contributed by atoms with Crippen molar-refractivity contribution < 1.29 is 4.79 Å². The molecule has 0 unspecified atom stereocenters. The van der Waals surface area contributed by atoms with Crippen LogP contribution in [-0.4, -0.2) is 23.9 Å². The minimum absolute atomic E-state index is 0.146. The Morgan fingerprint density at radius 1 is 0.615 bits per heavy atom. The van der Waals surface area contributed by atoms with Gasteiger partial charge < -0.3 is 4.90 Å². The summed E-state index contributed by atoms with van der Waals surface area (Å²) in [5.74, 6) is 0.146. The van der Waals surface area contributed by atoms with Gasteiger partial charge in [0.1, 0.15) is 0 Å². The van der Waals surface area contributed by atoms with Crippen molar-refractivity contribution in [2.45, 2.75) is 124 Å². The van der Waals surface area contributed by atoms with E-state index >= 15 is 0 Å². The molecule has 0 radical (unpaired) electrons. The normalized spacial score (nSPS) is 10.9. The molecule has 0 atom stereocenters. The Labute approximate surface area is 164 Å². The van der Waals surface area contributed by atoms with Gasteiger partial charge in [-0.25, -0.2) is 0 Å². The SMILES string of the molecule is C=C(C)C(=O)N(CCCC)CCCCCCCCCCCCCCCC. The minimum atomic E-state index is 0.146. The lowest BCUT2D eigenvalue weighted by Gasteiger charge is -2.22. The molecule has 0 spiro atoms. The molecule has 0 rings (SSSR count). The predicted molar refractivity (Wildman–Crippen MR) is 117 cm³/mol. The molecule has 0 saturated carbocycles. The van der Waals surface area contributed by atoms with Gasteiger partial charge >= 0.3 is 0 Å². The fourth-order valence-corrected chi connectivity index (χ4v) is 3.43. The van der Waals surface area contributed by atoms with Gasteiger partial charge in [-0.3, -0.25) is 4.79 Å². The van der Waals surface area contributed by atoms with Crippen LogP contribution < -0.4 is 0 Å². The average Bonchev–Trinajstić information content (AvgIpc) is 2.63. The van der Waals surface area contributed by atoms with E-state index in [0.717, 1.165) is 32.4 Å². The molecule has 2 heteroatoms. The van der Waals surface area contributed by atoms with E-state index in [2.05, 4.69) is 20.4 Å². The molecule has 1 amide bonds. The Hall–Kier alpha value is -0.790. The molecule has 0 heterocycles. The molecular formula is C24H47NO. The number of hydrogen-bond donors (Lipinski definition) is 0. The Bertz CT molecular complexity index is 337. The van der Waals surface area contributed by atoms with E-state index < -0.39 is 0 Å². The summed E-state index contributed by atoms with van der Waals surface area (Å²) in [6.45, 7) is 11.9. The zero-order valence-electron chi connectivity index (χ0n) is 18.3. The number of hydrogen-bond acceptors (Lipinski definition) is 1. The summed E-state index contributed by atoms with van der Waals surface area (Å²) in [7, 11) is 0. The van der Waals surface area contributed by atoms with Crippen molar-refractivity contribution in [3.63, 3.8) is 0 Å². The van der Waals surface area contributed by atoms with Gasteiger partial charge in [-0.05, 0) is 19.8 Å². The van der Waals surface area contributed by atoms with Crippen molar-refractivity contribution in [1.82, 2.24) is 4.90 Å². The van der Waals surface area contributed by atoms with Gasteiger partial charge in [0.2, 0.25) is 5.91 Å². The summed E-state index contributed by atoms with van der Waals surface area (Å²) in [6.07, 6.45) is 21.5. The van der Waals surface area contributed by atoms with Crippen LogP contribution in [0.2, 0.25) is 0 Å². The standard InChI is InChI=1S/C24H47NO/c1-5-7-9-10-11-12-13-14-15-16-17-18-19-20-22-25(21-8-6-2)24(26)23(3)4/h3,5-22H2,1-2,4H3. The predicted octanol–water partition coefficient (Wildman–Crippen LogP) is 7.67. The van der Waals surface area contributed by atoms with Crippen molar-refractivity contribution >= 4 is 5.91 Å². The van der Waals surface area contributed by atoms with Crippen LogP contribution in [0.1, 0.15) is 124 Å². The molecule has 154 valence electrons. The third-order valence-corrected chi connectivity index (χ3v) is 5.22. The maximum Gasteiger partial charge on any atom is 0.248 e. The lowest BCUT2D eigenvalue weighted by Crippen LogP contribution is -2.33. The number of nitrogens with zero attached hydrogens (tertiary/aromatic N) is 1. The second kappa shape index (κ2) is 19.0. The van der Waals surface area contributed by atoms with Crippen molar-refractivity contribution in [2.75, 3.05) is 13.1 Å². The number of carbonyl (C=O) groups is 1. The Balaban J connectivity index is 3.47. The van der Waals surface area contributed by atoms with Crippen LogP contribution in [0.4, 0.5) is 0 Å². The molecule has 0 aliphatic rings. The van der Waals surface area contributed by atoms with E-state index in [1.165, 1.54) is 83.5 Å². The molecule has 2 nitrogen and oxygen atoms in total. The van der Waals surface area contributed by atoms with Crippen molar-refractivity contribution in [2.24, 2.45) is 0 Å². The van der Waals surface area contributed by atoms with Gasteiger partial charge in [-0.15, -0.1) is 0 Å². The largest absolute Gasteiger partial charge is 0.339 e. The van der Waals surface area contributed by atoms with Gasteiger partial charge in [0, 0.05) is 18.7 Å². The van der Waals surface area contributed by atoms with Crippen LogP contribution in [-0.2, 0) is 4.79 Å². The summed E-state index contributed by atoms with van der Waals surface area (Å²) in [6, 6.07) is 0. The van der Waals surface area contributed by atoms with E-state index in [0.29, 0.717) is 5.57 Å². The molecule has 0 bridgehead atoms. The van der Waals surface area contributed by atoms with Crippen LogP contribution in [0, 0.1) is 0 Å². The molecule has 0 aromatic rings. The fraction of sp³-hybridized carbons (Fsp3) is 0.875.